The summed E-state index contributed by atoms with van der Waals surface area (Å²) in [4.78, 5) is 0. The number of hydrogen-bond donors (Lipinski definition) is 0. The SMILES string of the molecule is Fc1ccc([C+](F)F)cc1F. The maximum absolute atomic E-state index is 12.2. The highest BCUT2D eigenvalue weighted by atomic mass is 19.3. The molecule has 0 spiro atoms. The van der Waals surface area contributed by atoms with Crippen molar-refractivity contribution in [2.75, 3.05) is 0 Å². The average Bonchev–Trinajstić information content (AvgIpc) is 1.94. The van der Waals surface area contributed by atoms with Gasteiger partial charge in [-0.15, -0.1) is 0 Å². The van der Waals surface area contributed by atoms with E-state index in [-0.39, 0.29) is 0 Å². The first kappa shape index (κ1) is 7.91. The fraction of sp³-hybridized carbons (Fsp3) is 0. The zero-order valence-electron chi connectivity index (χ0n) is 5.24. The van der Waals surface area contributed by atoms with Gasteiger partial charge in [0.05, 0.1) is 12.1 Å². The molecule has 0 nitrogen and oxygen atoms in total. The van der Waals surface area contributed by atoms with E-state index in [1.54, 1.807) is 0 Å². The molecule has 0 aliphatic carbocycles. The van der Waals surface area contributed by atoms with Crippen LogP contribution < -0.4 is 0 Å². The van der Waals surface area contributed by atoms with E-state index in [9.17, 15) is 17.6 Å². The minimum atomic E-state index is -2.02. The molecule has 0 amide bonds. The summed E-state index contributed by atoms with van der Waals surface area (Å²) < 4.78 is 47.8. The zero-order valence-corrected chi connectivity index (χ0v) is 5.24. The summed E-state index contributed by atoms with van der Waals surface area (Å²) in [6.07, 6.45) is -2.02. The van der Waals surface area contributed by atoms with Gasteiger partial charge in [0, 0.05) is 6.07 Å². The highest BCUT2D eigenvalue weighted by Crippen LogP contribution is 2.19. The summed E-state index contributed by atoms with van der Waals surface area (Å²) in [5, 5.41) is 0. The molecule has 0 aliphatic heterocycles. The average molecular weight is 163 g/mol. The largest absolute Gasteiger partial charge is 0.392 e. The standard InChI is InChI=1S/C7H3F4/c8-5-2-1-4(7(10)11)3-6(5)9/h1-3H/q+1. The lowest BCUT2D eigenvalue weighted by Crippen LogP contribution is -1.89. The molecule has 0 atom stereocenters. The smallest absolute Gasteiger partial charge is 0.201 e. The molecule has 0 heterocycles. The second kappa shape index (κ2) is 2.82. The molecule has 0 saturated heterocycles. The molecule has 1 aromatic rings. The van der Waals surface area contributed by atoms with Gasteiger partial charge in [-0.05, 0) is 0 Å². The Morgan fingerprint density at radius 1 is 1.00 bits per heavy atom. The van der Waals surface area contributed by atoms with Gasteiger partial charge in [-0.25, -0.2) is 4.39 Å². The molecule has 0 aliphatic rings. The van der Waals surface area contributed by atoms with E-state index in [2.05, 4.69) is 0 Å². The van der Waals surface area contributed by atoms with Crippen LogP contribution in [0.25, 0.3) is 0 Å². The minimum absolute atomic E-state index is 0.449. The lowest BCUT2D eigenvalue weighted by molar-refractivity contribution is 0.323. The van der Waals surface area contributed by atoms with E-state index in [0.717, 1.165) is 6.07 Å². The second-order valence-electron chi connectivity index (χ2n) is 1.89. The first-order valence-corrected chi connectivity index (χ1v) is 2.74. The normalized spacial score (nSPS) is 9.82. The summed E-state index contributed by atoms with van der Waals surface area (Å²) in [6, 6.07) is 1.92. The predicted octanol–water partition coefficient (Wildman–Crippen LogP) is 2.74. The van der Waals surface area contributed by atoms with Crippen LogP contribution in [0.1, 0.15) is 5.56 Å². The molecule has 0 N–H and O–H groups in total. The molecule has 0 unspecified atom stereocenters. The maximum atomic E-state index is 12.2. The Hall–Kier alpha value is -1.19. The van der Waals surface area contributed by atoms with E-state index in [0.29, 0.717) is 12.1 Å². The minimum Gasteiger partial charge on any atom is -0.201 e. The van der Waals surface area contributed by atoms with E-state index in [4.69, 9.17) is 0 Å². The van der Waals surface area contributed by atoms with Gasteiger partial charge in [-0.1, -0.05) is 8.78 Å². The van der Waals surface area contributed by atoms with Crippen molar-refractivity contribution in [3.8, 4) is 0 Å². The summed E-state index contributed by atoms with van der Waals surface area (Å²) in [6.45, 7) is 0. The molecular weight excluding hydrogens is 160 g/mol. The van der Waals surface area contributed by atoms with Crippen molar-refractivity contribution < 1.29 is 17.6 Å². The Bertz CT molecular complexity index is 257. The Labute approximate surface area is 60.5 Å². The Morgan fingerprint density at radius 2 is 1.64 bits per heavy atom. The van der Waals surface area contributed by atoms with E-state index >= 15 is 0 Å². The molecule has 58 valence electrons. The van der Waals surface area contributed by atoms with Crippen LogP contribution in [0, 0.1) is 18.1 Å². The van der Waals surface area contributed by atoms with Gasteiger partial charge >= 0.3 is 6.43 Å². The van der Waals surface area contributed by atoms with Crippen LogP contribution in [0.5, 0.6) is 0 Å². The molecule has 0 aromatic heterocycles. The van der Waals surface area contributed by atoms with Crippen LogP contribution in [0.4, 0.5) is 17.6 Å². The molecule has 0 bridgehead atoms. The topological polar surface area (TPSA) is 0 Å². The predicted molar refractivity (Wildman–Crippen MR) is 30.9 cm³/mol. The van der Waals surface area contributed by atoms with Crippen molar-refractivity contribution in [1.82, 2.24) is 0 Å². The van der Waals surface area contributed by atoms with Gasteiger partial charge in [0.1, 0.15) is 0 Å². The lowest BCUT2D eigenvalue weighted by atomic mass is 10.2. The Kier molecular flexibility index (Phi) is 2.03. The summed E-state index contributed by atoms with van der Waals surface area (Å²) >= 11 is 0. The fourth-order valence-electron chi connectivity index (χ4n) is 0.614. The summed E-state index contributed by atoms with van der Waals surface area (Å²) in [5.74, 6) is -2.40. The van der Waals surface area contributed by atoms with Crippen LogP contribution in [0.15, 0.2) is 18.2 Å². The van der Waals surface area contributed by atoms with Crippen molar-refractivity contribution in [2.24, 2.45) is 0 Å². The van der Waals surface area contributed by atoms with Gasteiger partial charge in [0.15, 0.2) is 5.82 Å². The molecule has 4 heteroatoms. The first-order valence-electron chi connectivity index (χ1n) is 2.74. The van der Waals surface area contributed by atoms with E-state index < -0.39 is 23.6 Å². The van der Waals surface area contributed by atoms with Crippen LogP contribution in [0.3, 0.4) is 0 Å². The van der Waals surface area contributed by atoms with Crippen LogP contribution in [-0.2, 0) is 0 Å². The van der Waals surface area contributed by atoms with Gasteiger partial charge in [0.2, 0.25) is 11.4 Å². The van der Waals surface area contributed by atoms with Crippen molar-refractivity contribution in [3.63, 3.8) is 0 Å². The van der Waals surface area contributed by atoms with Crippen molar-refractivity contribution in [3.05, 3.63) is 41.8 Å². The third kappa shape index (κ3) is 1.63. The molecule has 0 radical (unpaired) electrons. The second-order valence-corrected chi connectivity index (χ2v) is 1.89. The van der Waals surface area contributed by atoms with Crippen LogP contribution in [0.2, 0.25) is 0 Å². The highest BCUT2D eigenvalue weighted by Gasteiger charge is 2.21. The quantitative estimate of drug-likeness (QED) is 0.441. The molecule has 11 heavy (non-hydrogen) atoms. The third-order valence-corrected chi connectivity index (χ3v) is 1.14. The Morgan fingerprint density at radius 3 is 2.09 bits per heavy atom. The van der Waals surface area contributed by atoms with E-state index in [1.807, 2.05) is 0 Å². The molecule has 0 saturated carbocycles. The van der Waals surface area contributed by atoms with Gasteiger partial charge in [-0.2, -0.15) is 4.39 Å². The monoisotopic (exact) mass is 163 g/mol. The van der Waals surface area contributed by atoms with Crippen LogP contribution in [-0.4, -0.2) is 0 Å². The maximum Gasteiger partial charge on any atom is 0.392 e. The van der Waals surface area contributed by atoms with Gasteiger partial charge in [0.25, 0.3) is 0 Å². The van der Waals surface area contributed by atoms with Crippen molar-refractivity contribution >= 4 is 0 Å². The fourth-order valence-corrected chi connectivity index (χ4v) is 0.614. The zero-order chi connectivity index (χ0) is 8.43. The molecule has 0 fully saturated rings. The number of rotatable bonds is 1. The van der Waals surface area contributed by atoms with Gasteiger partial charge in [-0.3, -0.25) is 0 Å². The van der Waals surface area contributed by atoms with Gasteiger partial charge < -0.3 is 0 Å². The molecule has 1 rings (SSSR count). The van der Waals surface area contributed by atoms with E-state index in [1.165, 1.54) is 0 Å². The number of hydrogen-bond acceptors (Lipinski definition) is 0. The first-order chi connectivity index (χ1) is 5.11. The number of benzene rings is 1. The van der Waals surface area contributed by atoms with Crippen LogP contribution >= 0.6 is 0 Å². The third-order valence-electron chi connectivity index (χ3n) is 1.14. The van der Waals surface area contributed by atoms with Crippen molar-refractivity contribution in [1.29, 1.82) is 0 Å². The molecule has 1 aromatic carbocycles. The number of halogens is 4. The highest BCUT2D eigenvalue weighted by molar-refractivity contribution is 5.24. The summed E-state index contributed by atoms with van der Waals surface area (Å²) in [5.41, 5.74) is -0.594. The van der Waals surface area contributed by atoms with Crippen molar-refractivity contribution in [2.45, 2.75) is 0 Å². The Balaban J connectivity index is 3.05. The lowest BCUT2D eigenvalue weighted by Gasteiger charge is -1.88. The molecular formula is C7H3F4+. The summed E-state index contributed by atoms with van der Waals surface area (Å²) in [7, 11) is 0.